The van der Waals surface area contributed by atoms with Crippen LogP contribution in [0.25, 0.3) is 0 Å². The van der Waals surface area contributed by atoms with Gasteiger partial charge in [0.25, 0.3) is 5.69 Å². The molecule has 1 aromatic rings. The molecule has 7 nitrogen and oxygen atoms in total. The average molecular weight is 232 g/mol. The zero-order valence-corrected chi connectivity index (χ0v) is 8.88. The minimum atomic E-state index is -0.524. The van der Waals surface area contributed by atoms with Crippen LogP contribution in [-0.2, 0) is 4.79 Å². The lowest BCUT2D eigenvalue weighted by Crippen LogP contribution is -2.09. The van der Waals surface area contributed by atoms with Gasteiger partial charge in [-0.2, -0.15) is 10.4 Å². The van der Waals surface area contributed by atoms with E-state index in [-0.39, 0.29) is 11.4 Å². The van der Waals surface area contributed by atoms with E-state index in [1.165, 1.54) is 31.2 Å². The number of nitrogens with zero attached hydrogens (tertiary/aromatic N) is 3. The van der Waals surface area contributed by atoms with E-state index < -0.39 is 10.7 Å². The van der Waals surface area contributed by atoms with E-state index in [9.17, 15) is 14.9 Å². The first-order chi connectivity index (χ1) is 8.04. The van der Waals surface area contributed by atoms with E-state index in [4.69, 9.17) is 5.26 Å². The third-order valence-corrected chi connectivity index (χ3v) is 1.81. The Morgan fingerprint density at radius 2 is 2.06 bits per heavy atom. The Morgan fingerprint density at radius 3 is 2.47 bits per heavy atom. The van der Waals surface area contributed by atoms with Crippen molar-refractivity contribution in [2.24, 2.45) is 5.10 Å². The summed E-state index contributed by atoms with van der Waals surface area (Å²) in [5.41, 5.74) is 2.60. The number of anilines is 1. The van der Waals surface area contributed by atoms with Gasteiger partial charge in [-0.15, -0.1) is 0 Å². The number of nitro benzene ring substituents is 1. The fourth-order valence-electron chi connectivity index (χ4n) is 0.961. The van der Waals surface area contributed by atoms with Gasteiger partial charge < -0.3 is 0 Å². The van der Waals surface area contributed by atoms with Gasteiger partial charge in [-0.25, -0.2) is 0 Å². The van der Waals surface area contributed by atoms with Crippen LogP contribution in [0.5, 0.6) is 0 Å². The van der Waals surface area contributed by atoms with Crippen molar-refractivity contribution in [1.82, 2.24) is 0 Å². The Hall–Kier alpha value is -2.75. The molecule has 0 heterocycles. The Labute approximate surface area is 96.5 Å². The van der Waals surface area contributed by atoms with Gasteiger partial charge in [-0.3, -0.25) is 20.3 Å². The van der Waals surface area contributed by atoms with Gasteiger partial charge in [0.05, 0.1) is 10.6 Å². The minimum absolute atomic E-state index is 0.0494. The van der Waals surface area contributed by atoms with Crippen molar-refractivity contribution in [2.75, 3.05) is 5.43 Å². The quantitative estimate of drug-likeness (QED) is 0.480. The second-order valence-electron chi connectivity index (χ2n) is 3.04. The first-order valence-corrected chi connectivity index (χ1v) is 4.54. The van der Waals surface area contributed by atoms with E-state index in [1.807, 2.05) is 0 Å². The van der Waals surface area contributed by atoms with E-state index in [0.29, 0.717) is 5.69 Å². The summed E-state index contributed by atoms with van der Waals surface area (Å²) in [6.45, 7) is 1.22. The van der Waals surface area contributed by atoms with Crippen molar-refractivity contribution in [3.8, 4) is 6.07 Å². The normalized spacial score (nSPS) is 10.5. The molecule has 0 saturated carbocycles. The number of hydrazone groups is 1. The van der Waals surface area contributed by atoms with E-state index >= 15 is 0 Å². The van der Waals surface area contributed by atoms with Crippen LogP contribution in [0, 0.1) is 21.4 Å². The highest BCUT2D eigenvalue weighted by molar-refractivity contribution is 6.45. The first-order valence-electron chi connectivity index (χ1n) is 4.54. The molecule has 0 atom stereocenters. The third-order valence-electron chi connectivity index (χ3n) is 1.81. The molecule has 0 aliphatic rings. The second-order valence-corrected chi connectivity index (χ2v) is 3.04. The molecule has 0 aliphatic carbocycles. The number of benzene rings is 1. The summed E-state index contributed by atoms with van der Waals surface area (Å²) < 4.78 is 0. The molecule has 0 amide bonds. The lowest BCUT2D eigenvalue weighted by atomic mass is 10.3. The topological polar surface area (TPSA) is 108 Å². The number of hydrogen-bond donors (Lipinski definition) is 1. The van der Waals surface area contributed by atoms with Crippen LogP contribution in [0.1, 0.15) is 6.92 Å². The fraction of sp³-hybridized carbons (Fsp3) is 0.100. The van der Waals surface area contributed by atoms with Gasteiger partial charge in [-0.05, 0) is 12.1 Å². The highest BCUT2D eigenvalue weighted by atomic mass is 16.6. The molecule has 0 saturated heterocycles. The van der Waals surface area contributed by atoms with Crippen LogP contribution >= 0.6 is 0 Å². The number of non-ortho nitro benzene ring substituents is 1. The minimum Gasteiger partial charge on any atom is -0.292 e. The molecule has 0 fully saturated rings. The molecule has 86 valence electrons. The number of carbonyl (C=O) groups is 1. The van der Waals surface area contributed by atoms with Gasteiger partial charge in [0, 0.05) is 19.1 Å². The number of nitrogens with one attached hydrogen (secondary N) is 1. The molecule has 0 aliphatic heterocycles. The van der Waals surface area contributed by atoms with Gasteiger partial charge in [0.15, 0.2) is 5.78 Å². The Bertz CT molecular complexity index is 513. The number of hydrogen-bond acceptors (Lipinski definition) is 6. The summed E-state index contributed by atoms with van der Waals surface area (Å²) in [5, 5.41) is 22.5. The van der Waals surface area contributed by atoms with Crippen molar-refractivity contribution in [2.45, 2.75) is 6.92 Å². The summed E-state index contributed by atoms with van der Waals surface area (Å²) in [5.74, 6) is -0.457. The predicted molar refractivity (Wildman–Crippen MR) is 60.4 cm³/mol. The fourth-order valence-corrected chi connectivity index (χ4v) is 0.961. The maximum Gasteiger partial charge on any atom is 0.269 e. The molecule has 1 N–H and O–H groups in total. The summed E-state index contributed by atoms with van der Waals surface area (Å²) in [7, 11) is 0. The van der Waals surface area contributed by atoms with Crippen LogP contribution in [0.4, 0.5) is 11.4 Å². The monoisotopic (exact) mass is 232 g/mol. The molecule has 7 heteroatoms. The number of Topliss-reactive ketones (excluding diaryl/α,β-unsaturated/α-hetero) is 1. The number of nitro groups is 1. The lowest BCUT2D eigenvalue weighted by molar-refractivity contribution is -0.384. The van der Waals surface area contributed by atoms with Crippen LogP contribution in [0.2, 0.25) is 0 Å². The van der Waals surface area contributed by atoms with Gasteiger partial charge in [-0.1, -0.05) is 0 Å². The van der Waals surface area contributed by atoms with Crippen molar-refractivity contribution in [3.05, 3.63) is 34.4 Å². The van der Waals surface area contributed by atoms with Gasteiger partial charge in [0.2, 0.25) is 5.71 Å². The van der Waals surface area contributed by atoms with Crippen molar-refractivity contribution < 1.29 is 9.72 Å². The molecular weight excluding hydrogens is 224 g/mol. The SMILES string of the molecule is CC(=O)/C(C#N)=N/Nc1ccc([N+](=O)[O-])cc1. The standard InChI is InChI=1S/C10H8N4O3/c1-7(15)10(6-11)13-12-8-2-4-9(5-3-8)14(16)17/h2-5,12H,1H3/b13-10+. The Kier molecular flexibility index (Phi) is 3.89. The van der Waals surface area contributed by atoms with E-state index in [0.717, 1.165) is 0 Å². The Morgan fingerprint density at radius 1 is 1.47 bits per heavy atom. The van der Waals surface area contributed by atoms with Crippen molar-refractivity contribution >= 4 is 22.9 Å². The van der Waals surface area contributed by atoms with Crippen molar-refractivity contribution in [1.29, 1.82) is 5.26 Å². The molecule has 17 heavy (non-hydrogen) atoms. The van der Waals surface area contributed by atoms with Gasteiger partial charge >= 0.3 is 0 Å². The summed E-state index contributed by atoms with van der Waals surface area (Å²) in [6, 6.07) is 7.06. The predicted octanol–water partition coefficient (Wildman–Crippen LogP) is 1.48. The molecule has 0 aromatic heterocycles. The average Bonchev–Trinajstić information content (AvgIpc) is 2.30. The molecule has 0 unspecified atom stereocenters. The molecular formula is C10H8N4O3. The highest BCUT2D eigenvalue weighted by Crippen LogP contribution is 2.15. The number of rotatable bonds is 4. The summed E-state index contributed by atoms with van der Waals surface area (Å²) >= 11 is 0. The molecule has 1 aromatic carbocycles. The smallest absolute Gasteiger partial charge is 0.269 e. The van der Waals surface area contributed by atoms with Crippen LogP contribution < -0.4 is 5.43 Å². The van der Waals surface area contributed by atoms with Crippen LogP contribution in [0.15, 0.2) is 29.4 Å². The molecule has 0 bridgehead atoms. The molecule has 0 spiro atoms. The van der Waals surface area contributed by atoms with E-state index in [2.05, 4.69) is 10.5 Å². The van der Waals surface area contributed by atoms with Gasteiger partial charge in [0.1, 0.15) is 6.07 Å². The highest BCUT2D eigenvalue weighted by Gasteiger charge is 2.05. The zero-order valence-electron chi connectivity index (χ0n) is 8.88. The number of carbonyl (C=O) groups excluding carboxylic acids is 1. The molecule has 0 radical (unpaired) electrons. The summed E-state index contributed by atoms with van der Waals surface area (Å²) in [4.78, 5) is 20.7. The largest absolute Gasteiger partial charge is 0.292 e. The maximum atomic E-state index is 10.9. The third kappa shape index (κ3) is 3.39. The van der Waals surface area contributed by atoms with Crippen LogP contribution in [0.3, 0.4) is 0 Å². The lowest BCUT2D eigenvalue weighted by Gasteiger charge is -1.99. The maximum absolute atomic E-state index is 10.9. The second kappa shape index (κ2) is 5.37. The molecule has 1 rings (SSSR count). The van der Waals surface area contributed by atoms with E-state index in [1.54, 1.807) is 6.07 Å². The van der Waals surface area contributed by atoms with Crippen molar-refractivity contribution in [3.63, 3.8) is 0 Å². The number of ketones is 1. The number of nitriles is 1. The summed E-state index contributed by atoms with van der Waals surface area (Å²) in [6.07, 6.45) is 0. The zero-order chi connectivity index (χ0) is 12.8. The van der Waals surface area contributed by atoms with Crippen LogP contribution in [-0.4, -0.2) is 16.4 Å². The first kappa shape index (κ1) is 12.3. The Balaban J connectivity index is 2.80.